The van der Waals surface area contributed by atoms with Gasteiger partial charge in [0.1, 0.15) is 0 Å². The Hall–Kier alpha value is -2.63. The van der Waals surface area contributed by atoms with Crippen LogP contribution in [0.3, 0.4) is 0 Å². The number of nitrogens with zero attached hydrogens (tertiary/aromatic N) is 2. The van der Waals surface area contributed by atoms with E-state index >= 15 is 0 Å². The molecule has 0 radical (unpaired) electrons. The molecule has 3 aromatic rings. The lowest BCUT2D eigenvalue weighted by atomic mass is 10.1. The van der Waals surface area contributed by atoms with E-state index in [1.807, 2.05) is 12.1 Å². The van der Waals surface area contributed by atoms with Gasteiger partial charge >= 0.3 is 5.97 Å². The number of aromatic carboxylic acids is 1. The molecule has 0 fully saturated rings. The van der Waals surface area contributed by atoms with Crippen LogP contribution in [0.2, 0.25) is 0 Å². The topological polar surface area (TPSA) is 94.7 Å². The van der Waals surface area contributed by atoms with Crippen molar-refractivity contribution in [1.82, 2.24) is 20.4 Å². The van der Waals surface area contributed by atoms with E-state index in [0.29, 0.717) is 10.9 Å². The Labute approximate surface area is 95.3 Å². The zero-order valence-electron chi connectivity index (χ0n) is 8.64. The molecular formula is C11H8N4O2. The lowest BCUT2D eigenvalue weighted by Gasteiger charge is -1.96. The maximum absolute atomic E-state index is 10.9. The van der Waals surface area contributed by atoms with Gasteiger partial charge in [-0.1, -0.05) is 6.07 Å². The first-order valence-electron chi connectivity index (χ1n) is 4.96. The lowest BCUT2D eigenvalue weighted by Crippen LogP contribution is -1.96. The van der Waals surface area contributed by atoms with Gasteiger partial charge in [0.25, 0.3) is 0 Å². The SMILES string of the molecule is O=C(O)c1n[nH]c2cc(-c3cn[nH]c3)ccc12. The highest BCUT2D eigenvalue weighted by molar-refractivity contribution is 6.01. The number of carbonyl (C=O) groups is 1. The summed E-state index contributed by atoms with van der Waals surface area (Å²) in [4.78, 5) is 10.9. The first kappa shape index (κ1) is 9.59. The van der Waals surface area contributed by atoms with Crippen molar-refractivity contribution in [2.75, 3.05) is 0 Å². The summed E-state index contributed by atoms with van der Waals surface area (Å²) in [5.74, 6) is -1.03. The molecule has 6 nitrogen and oxygen atoms in total. The molecule has 0 saturated heterocycles. The van der Waals surface area contributed by atoms with Gasteiger partial charge in [-0.15, -0.1) is 0 Å². The molecule has 0 aliphatic rings. The molecule has 0 saturated carbocycles. The average Bonchev–Trinajstić information content (AvgIpc) is 2.97. The number of rotatable bonds is 2. The quantitative estimate of drug-likeness (QED) is 0.621. The predicted molar refractivity (Wildman–Crippen MR) is 60.6 cm³/mol. The van der Waals surface area contributed by atoms with Crippen molar-refractivity contribution in [3.63, 3.8) is 0 Å². The van der Waals surface area contributed by atoms with E-state index < -0.39 is 5.97 Å². The summed E-state index contributed by atoms with van der Waals surface area (Å²) in [6, 6.07) is 5.43. The molecule has 0 aliphatic heterocycles. The van der Waals surface area contributed by atoms with Gasteiger partial charge in [0.05, 0.1) is 11.7 Å². The Morgan fingerprint density at radius 1 is 1.29 bits per heavy atom. The van der Waals surface area contributed by atoms with E-state index in [9.17, 15) is 4.79 Å². The molecule has 0 amide bonds. The Kier molecular flexibility index (Phi) is 1.94. The number of carboxylic acids is 1. The number of hydrogen-bond donors (Lipinski definition) is 3. The van der Waals surface area contributed by atoms with Crippen molar-refractivity contribution in [1.29, 1.82) is 0 Å². The minimum atomic E-state index is -1.03. The predicted octanol–water partition coefficient (Wildman–Crippen LogP) is 1.65. The van der Waals surface area contributed by atoms with E-state index in [1.54, 1.807) is 18.5 Å². The van der Waals surface area contributed by atoms with Crippen molar-refractivity contribution >= 4 is 16.9 Å². The second-order valence-electron chi connectivity index (χ2n) is 3.62. The van der Waals surface area contributed by atoms with Crippen LogP contribution < -0.4 is 0 Å². The molecule has 3 N–H and O–H groups in total. The summed E-state index contributed by atoms with van der Waals surface area (Å²) in [5.41, 5.74) is 2.63. The fourth-order valence-electron chi connectivity index (χ4n) is 1.77. The van der Waals surface area contributed by atoms with E-state index in [1.165, 1.54) is 0 Å². The van der Waals surface area contributed by atoms with Gasteiger partial charge in [-0.3, -0.25) is 10.2 Å². The first-order valence-corrected chi connectivity index (χ1v) is 4.96. The average molecular weight is 228 g/mol. The molecule has 0 spiro atoms. The van der Waals surface area contributed by atoms with Crippen molar-refractivity contribution in [3.05, 3.63) is 36.3 Å². The third-order valence-corrected chi connectivity index (χ3v) is 2.60. The summed E-state index contributed by atoms with van der Waals surface area (Å²) in [5, 5.41) is 22.6. The fraction of sp³-hybridized carbons (Fsp3) is 0. The normalized spacial score (nSPS) is 10.8. The molecule has 3 rings (SSSR count). The van der Waals surface area contributed by atoms with E-state index in [0.717, 1.165) is 11.1 Å². The summed E-state index contributed by atoms with van der Waals surface area (Å²) in [7, 11) is 0. The highest BCUT2D eigenvalue weighted by Gasteiger charge is 2.12. The second-order valence-corrected chi connectivity index (χ2v) is 3.62. The van der Waals surface area contributed by atoms with Gasteiger partial charge in [0, 0.05) is 17.1 Å². The molecule has 1 aromatic carbocycles. The maximum Gasteiger partial charge on any atom is 0.357 e. The van der Waals surface area contributed by atoms with Crippen LogP contribution in [0.25, 0.3) is 22.0 Å². The van der Waals surface area contributed by atoms with Gasteiger partial charge in [-0.2, -0.15) is 10.2 Å². The van der Waals surface area contributed by atoms with Gasteiger partial charge < -0.3 is 5.11 Å². The number of aromatic nitrogens is 4. The monoisotopic (exact) mass is 228 g/mol. The number of hydrogen-bond acceptors (Lipinski definition) is 3. The Balaban J connectivity index is 2.18. The molecule has 0 aliphatic carbocycles. The third kappa shape index (κ3) is 1.46. The summed E-state index contributed by atoms with van der Waals surface area (Å²) < 4.78 is 0. The smallest absolute Gasteiger partial charge is 0.357 e. The van der Waals surface area contributed by atoms with E-state index in [4.69, 9.17) is 5.11 Å². The number of nitrogens with one attached hydrogen (secondary N) is 2. The van der Waals surface area contributed by atoms with E-state index in [2.05, 4.69) is 20.4 Å². The van der Waals surface area contributed by atoms with Crippen LogP contribution in [-0.4, -0.2) is 31.5 Å². The van der Waals surface area contributed by atoms with Crippen LogP contribution in [0.1, 0.15) is 10.5 Å². The summed E-state index contributed by atoms with van der Waals surface area (Å²) in [6.07, 6.45) is 3.48. The van der Waals surface area contributed by atoms with Gasteiger partial charge in [0.2, 0.25) is 0 Å². The minimum Gasteiger partial charge on any atom is -0.476 e. The van der Waals surface area contributed by atoms with Crippen LogP contribution in [-0.2, 0) is 0 Å². The van der Waals surface area contributed by atoms with Gasteiger partial charge in [-0.25, -0.2) is 4.79 Å². The van der Waals surface area contributed by atoms with Crippen LogP contribution in [0, 0.1) is 0 Å². The van der Waals surface area contributed by atoms with Crippen molar-refractivity contribution in [2.45, 2.75) is 0 Å². The number of fused-ring (bicyclic) bond motifs is 1. The maximum atomic E-state index is 10.9. The molecule has 0 atom stereocenters. The van der Waals surface area contributed by atoms with Gasteiger partial charge in [-0.05, 0) is 17.7 Å². The number of benzene rings is 1. The second kappa shape index (κ2) is 3.44. The summed E-state index contributed by atoms with van der Waals surface area (Å²) >= 11 is 0. The standard InChI is InChI=1S/C11H8N4O2/c16-11(17)10-8-2-1-6(3-9(8)14-15-10)7-4-12-13-5-7/h1-5H,(H,12,13)(H,14,15)(H,16,17). The molecule has 2 heterocycles. The zero-order chi connectivity index (χ0) is 11.8. The Morgan fingerprint density at radius 2 is 2.18 bits per heavy atom. The number of aromatic amines is 2. The molecular weight excluding hydrogens is 220 g/mol. The molecule has 84 valence electrons. The van der Waals surface area contributed by atoms with Crippen LogP contribution >= 0.6 is 0 Å². The Bertz CT molecular complexity index is 685. The highest BCUT2D eigenvalue weighted by Crippen LogP contribution is 2.24. The lowest BCUT2D eigenvalue weighted by molar-refractivity contribution is 0.0692. The van der Waals surface area contributed by atoms with Crippen LogP contribution in [0.15, 0.2) is 30.6 Å². The molecule has 0 unspecified atom stereocenters. The fourth-order valence-corrected chi connectivity index (χ4v) is 1.77. The molecule has 17 heavy (non-hydrogen) atoms. The minimum absolute atomic E-state index is 0.0405. The molecule has 0 bridgehead atoms. The van der Waals surface area contributed by atoms with Crippen LogP contribution in [0.5, 0.6) is 0 Å². The van der Waals surface area contributed by atoms with Crippen molar-refractivity contribution < 1.29 is 9.90 Å². The zero-order valence-corrected chi connectivity index (χ0v) is 8.64. The number of H-pyrrole nitrogens is 2. The van der Waals surface area contributed by atoms with Crippen molar-refractivity contribution in [3.8, 4) is 11.1 Å². The third-order valence-electron chi connectivity index (χ3n) is 2.60. The highest BCUT2D eigenvalue weighted by atomic mass is 16.4. The van der Waals surface area contributed by atoms with E-state index in [-0.39, 0.29) is 5.69 Å². The largest absolute Gasteiger partial charge is 0.476 e. The van der Waals surface area contributed by atoms with Crippen molar-refractivity contribution in [2.24, 2.45) is 0 Å². The van der Waals surface area contributed by atoms with Crippen LogP contribution in [0.4, 0.5) is 0 Å². The summed E-state index contributed by atoms with van der Waals surface area (Å²) in [6.45, 7) is 0. The Morgan fingerprint density at radius 3 is 2.88 bits per heavy atom. The number of carboxylic acid groups (broad SMARTS) is 1. The molecule has 6 heteroatoms. The first-order chi connectivity index (χ1) is 8.25. The van der Waals surface area contributed by atoms with Gasteiger partial charge in [0.15, 0.2) is 5.69 Å². The molecule has 2 aromatic heterocycles.